The van der Waals surface area contributed by atoms with Crippen molar-refractivity contribution in [2.45, 2.75) is 57.7 Å². The van der Waals surface area contributed by atoms with Crippen LogP contribution in [0.3, 0.4) is 0 Å². The second-order valence-electron chi connectivity index (χ2n) is 10.5. The average Bonchev–Trinajstić information content (AvgIpc) is 3.58. The first kappa shape index (κ1) is 29.9. The van der Waals surface area contributed by atoms with E-state index in [-0.39, 0.29) is 17.9 Å². The van der Waals surface area contributed by atoms with Gasteiger partial charge in [0.15, 0.2) is 0 Å². The molecule has 0 aliphatic carbocycles. The Morgan fingerprint density at radius 1 is 1.12 bits per heavy atom. The van der Waals surface area contributed by atoms with Crippen LogP contribution in [-0.4, -0.2) is 65.3 Å². The molecule has 1 fully saturated rings. The molecule has 3 atom stereocenters. The quantitative estimate of drug-likeness (QED) is 0.317. The number of amides is 4. The van der Waals surface area contributed by atoms with Gasteiger partial charge in [0.2, 0.25) is 17.7 Å². The van der Waals surface area contributed by atoms with Crippen molar-refractivity contribution >= 4 is 45.2 Å². The SMILES string of the molecule is COc1ccc2nc(C[C@H](NC(=O)[C@@H]3CCCN3C(=O)c3ccc(F)cc3)C(=O)NC(CC(C)C)C(N)=O)sc2c1. The molecule has 41 heavy (non-hydrogen) atoms. The number of halogens is 1. The van der Waals surface area contributed by atoms with E-state index in [0.29, 0.717) is 36.6 Å². The van der Waals surface area contributed by atoms with Crippen LogP contribution >= 0.6 is 11.3 Å². The number of hydrogen-bond acceptors (Lipinski definition) is 7. The number of rotatable bonds is 11. The molecule has 218 valence electrons. The number of primary amides is 1. The summed E-state index contributed by atoms with van der Waals surface area (Å²) in [5.41, 5.74) is 6.54. The summed E-state index contributed by atoms with van der Waals surface area (Å²) in [5, 5.41) is 6.09. The number of ether oxygens (including phenoxy) is 1. The molecule has 0 radical (unpaired) electrons. The maximum atomic E-state index is 13.5. The largest absolute Gasteiger partial charge is 0.497 e. The third-order valence-corrected chi connectivity index (χ3v) is 7.97. The van der Waals surface area contributed by atoms with Crippen LogP contribution in [0.4, 0.5) is 4.39 Å². The summed E-state index contributed by atoms with van der Waals surface area (Å²) < 4.78 is 19.5. The molecule has 2 aromatic carbocycles. The normalized spacial score (nSPS) is 16.4. The molecule has 1 aliphatic rings. The number of benzene rings is 2. The van der Waals surface area contributed by atoms with Crippen molar-refractivity contribution in [3.05, 3.63) is 58.9 Å². The van der Waals surface area contributed by atoms with E-state index in [1.807, 2.05) is 26.0 Å². The zero-order valence-corrected chi connectivity index (χ0v) is 24.0. The van der Waals surface area contributed by atoms with Crippen molar-refractivity contribution in [2.75, 3.05) is 13.7 Å². The number of carbonyl (C=O) groups excluding carboxylic acids is 4. The van der Waals surface area contributed by atoms with Gasteiger partial charge < -0.3 is 26.0 Å². The van der Waals surface area contributed by atoms with Crippen molar-refractivity contribution in [1.82, 2.24) is 20.5 Å². The Hall–Kier alpha value is -4.06. The predicted octanol–water partition coefficient (Wildman–Crippen LogP) is 2.79. The Bertz CT molecular complexity index is 1430. The van der Waals surface area contributed by atoms with Crippen molar-refractivity contribution in [2.24, 2.45) is 11.7 Å². The summed E-state index contributed by atoms with van der Waals surface area (Å²) in [5.74, 6) is -1.85. The number of nitrogens with zero attached hydrogens (tertiary/aromatic N) is 2. The maximum Gasteiger partial charge on any atom is 0.254 e. The minimum atomic E-state index is -1.08. The lowest BCUT2D eigenvalue weighted by Gasteiger charge is -2.27. The second kappa shape index (κ2) is 13.1. The number of methoxy groups -OCH3 is 1. The van der Waals surface area contributed by atoms with Crippen LogP contribution in [0.1, 0.15) is 48.5 Å². The van der Waals surface area contributed by atoms with Crippen LogP contribution in [0.2, 0.25) is 0 Å². The zero-order valence-electron chi connectivity index (χ0n) is 23.2. The number of nitrogens with one attached hydrogen (secondary N) is 2. The summed E-state index contributed by atoms with van der Waals surface area (Å²) >= 11 is 1.36. The predicted molar refractivity (Wildman–Crippen MR) is 153 cm³/mol. The fraction of sp³-hybridized carbons (Fsp3) is 0.414. The highest BCUT2D eigenvalue weighted by molar-refractivity contribution is 7.18. The number of carbonyl (C=O) groups is 4. The van der Waals surface area contributed by atoms with Crippen molar-refractivity contribution < 1.29 is 28.3 Å². The van der Waals surface area contributed by atoms with Crippen LogP contribution in [0.15, 0.2) is 42.5 Å². The maximum absolute atomic E-state index is 13.5. The number of nitrogens with two attached hydrogens (primary N) is 1. The first-order valence-electron chi connectivity index (χ1n) is 13.5. The summed E-state index contributed by atoms with van der Waals surface area (Å²) in [6, 6.07) is 7.77. The molecule has 0 bridgehead atoms. The highest BCUT2D eigenvalue weighted by Gasteiger charge is 2.37. The minimum absolute atomic E-state index is 0.0605. The molecule has 1 unspecified atom stereocenters. The van der Waals surface area contributed by atoms with E-state index >= 15 is 0 Å². The van der Waals surface area contributed by atoms with Gasteiger partial charge in [-0.05, 0) is 67.6 Å². The summed E-state index contributed by atoms with van der Waals surface area (Å²) in [7, 11) is 1.57. The van der Waals surface area contributed by atoms with Gasteiger partial charge in [-0.15, -0.1) is 11.3 Å². The van der Waals surface area contributed by atoms with E-state index in [1.165, 1.54) is 40.5 Å². The molecule has 0 saturated carbocycles. The second-order valence-corrected chi connectivity index (χ2v) is 11.6. The Morgan fingerprint density at radius 3 is 2.51 bits per heavy atom. The lowest BCUT2D eigenvalue weighted by Crippen LogP contribution is -2.56. The summed E-state index contributed by atoms with van der Waals surface area (Å²) in [4.78, 5) is 58.3. The van der Waals surface area contributed by atoms with Crippen molar-refractivity contribution in [3.63, 3.8) is 0 Å². The Labute approximate surface area is 241 Å². The molecular formula is C29H34FN5O5S. The van der Waals surface area contributed by atoms with Crippen molar-refractivity contribution in [3.8, 4) is 5.75 Å². The molecule has 1 aliphatic heterocycles. The van der Waals surface area contributed by atoms with Gasteiger partial charge in [-0.1, -0.05) is 13.8 Å². The lowest BCUT2D eigenvalue weighted by atomic mass is 10.0. The van der Waals surface area contributed by atoms with Crippen LogP contribution < -0.4 is 21.1 Å². The number of fused-ring (bicyclic) bond motifs is 1. The van der Waals surface area contributed by atoms with Gasteiger partial charge in [-0.25, -0.2) is 9.37 Å². The van der Waals surface area contributed by atoms with Gasteiger partial charge in [-0.2, -0.15) is 0 Å². The molecule has 1 aromatic heterocycles. The van der Waals surface area contributed by atoms with Gasteiger partial charge in [-0.3, -0.25) is 19.2 Å². The van der Waals surface area contributed by atoms with Gasteiger partial charge >= 0.3 is 0 Å². The molecule has 2 heterocycles. The summed E-state index contributed by atoms with van der Waals surface area (Å²) in [6.07, 6.45) is 1.40. The zero-order chi connectivity index (χ0) is 29.7. The van der Waals surface area contributed by atoms with Crippen LogP contribution in [-0.2, 0) is 20.8 Å². The fourth-order valence-corrected chi connectivity index (χ4v) is 5.89. The smallest absolute Gasteiger partial charge is 0.254 e. The van der Waals surface area contributed by atoms with Gasteiger partial charge in [0, 0.05) is 18.5 Å². The van der Waals surface area contributed by atoms with E-state index in [9.17, 15) is 23.6 Å². The fourth-order valence-electron chi connectivity index (χ4n) is 4.85. The average molecular weight is 584 g/mol. The highest BCUT2D eigenvalue weighted by atomic mass is 32.1. The third-order valence-electron chi connectivity index (χ3n) is 6.93. The molecule has 12 heteroatoms. The minimum Gasteiger partial charge on any atom is -0.497 e. The molecular weight excluding hydrogens is 549 g/mol. The van der Waals surface area contributed by atoms with Crippen LogP contribution in [0, 0.1) is 11.7 Å². The topological polar surface area (TPSA) is 144 Å². The number of likely N-dealkylation sites (tertiary alicyclic amines) is 1. The Balaban J connectivity index is 1.56. The standard InChI is InChI=1S/C29H34FN5O5S/c1-16(2)13-21(26(31)36)33-27(37)22(15-25-32-20-11-10-19(40-3)14-24(20)41-25)34-28(38)23-5-4-12-35(23)29(39)17-6-8-18(30)9-7-17/h6-11,14,16,21-23H,4-5,12-13,15H2,1-3H3,(H2,31,36)(H,33,37)(H,34,38)/t21?,22-,23-/m0/s1. The molecule has 4 rings (SSSR count). The molecule has 1 saturated heterocycles. The number of hydrogen-bond donors (Lipinski definition) is 3. The first-order valence-corrected chi connectivity index (χ1v) is 14.3. The first-order chi connectivity index (χ1) is 19.5. The van der Waals surface area contributed by atoms with Crippen LogP contribution in [0.5, 0.6) is 5.75 Å². The summed E-state index contributed by atoms with van der Waals surface area (Å²) in [6.45, 7) is 4.16. The van der Waals surface area contributed by atoms with E-state index in [1.54, 1.807) is 13.2 Å². The molecule has 10 nitrogen and oxygen atoms in total. The van der Waals surface area contributed by atoms with E-state index in [2.05, 4.69) is 15.6 Å². The highest BCUT2D eigenvalue weighted by Crippen LogP contribution is 2.27. The van der Waals surface area contributed by atoms with Crippen molar-refractivity contribution in [1.29, 1.82) is 0 Å². The van der Waals surface area contributed by atoms with Gasteiger partial charge in [0.05, 0.1) is 22.3 Å². The Kier molecular flexibility index (Phi) is 9.53. The van der Waals surface area contributed by atoms with E-state index in [4.69, 9.17) is 10.5 Å². The van der Waals surface area contributed by atoms with Gasteiger partial charge in [0.25, 0.3) is 5.91 Å². The van der Waals surface area contributed by atoms with E-state index < -0.39 is 47.6 Å². The Morgan fingerprint density at radius 2 is 1.85 bits per heavy atom. The lowest BCUT2D eigenvalue weighted by molar-refractivity contribution is -0.132. The molecule has 3 aromatic rings. The van der Waals surface area contributed by atoms with Gasteiger partial charge in [0.1, 0.15) is 29.7 Å². The number of thiazole rings is 1. The van der Waals surface area contributed by atoms with E-state index in [0.717, 1.165) is 10.2 Å². The third kappa shape index (κ3) is 7.37. The number of aromatic nitrogens is 1. The monoisotopic (exact) mass is 583 g/mol. The molecule has 4 amide bonds. The molecule has 0 spiro atoms. The molecule has 4 N–H and O–H groups in total. The van der Waals surface area contributed by atoms with Crippen LogP contribution in [0.25, 0.3) is 10.2 Å².